The Labute approximate surface area is 143 Å². The summed E-state index contributed by atoms with van der Waals surface area (Å²) in [5.74, 6) is 0.961. The van der Waals surface area contributed by atoms with Crippen molar-refractivity contribution < 1.29 is 9.53 Å². The van der Waals surface area contributed by atoms with E-state index in [0.29, 0.717) is 19.6 Å². The summed E-state index contributed by atoms with van der Waals surface area (Å²) >= 11 is 0. The maximum atomic E-state index is 12.4. The molecule has 5 nitrogen and oxygen atoms in total. The molecule has 1 heterocycles. The van der Waals surface area contributed by atoms with E-state index in [1.165, 1.54) is 24.1 Å². The van der Waals surface area contributed by atoms with Crippen LogP contribution in [-0.2, 0) is 24.1 Å². The molecule has 0 fully saturated rings. The largest absolute Gasteiger partial charge is 0.491 e. The van der Waals surface area contributed by atoms with E-state index in [0.717, 1.165) is 29.8 Å². The highest BCUT2D eigenvalue weighted by Gasteiger charge is 2.20. The molecule has 1 aromatic carbocycles. The molecule has 0 radical (unpaired) electrons. The van der Waals surface area contributed by atoms with Crippen LogP contribution in [0.25, 0.3) is 0 Å². The van der Waals surface area contributed by atoms with Gasteiger partial charge in [0.25, 0.3) is 0 Å². The monoisotopic (exact) mass is 327 g/mol. The molecular formula is C19H25N3O2. The van der Waals surface area contributed by atoms with Gasteiger partial charge < -0.3 is 9.64 Å². The number of likely N-dealkylation sites (N-methyl/N-ethyl adjacent to an activating group) is 1. The highest BCUT2D eigenvalue weighted by atomic mass is 16.5. The first-order chi connectivity index (χ1) is 11.6. The number of aryl methyl sites for hydroxylation is 2. The van der Waals surface area contributed by atoms with Crippen molar-refractivity contribution in [1.29, 1.82) is 0 Å². The van der Waals surface area contributed by atoms with Crippen LogP contribution in [0, 0.1) is 6.92 Å². The van der Waals surface area contributed by atoms with Crippen LogP contribution in [0.3, 0.4) is 0 Å². The second-order valence-corrected chi connectivity index (χ2v) is 6.44. The number of carbonyl (C=O) groups excluding carboxylic acids is 1. The smallest absolute Gasteiger partial charge is 0.228 e. The number of hydrogen-bond acceptors (Lipinski definition) is 3. The molecule has 0 bridgehead atoms. The van der Waals surface area contributed by atoms with Gasteiger partial charge in [-0.1, -0.05) is 18.2 Å². The molecule has 0 aliphatic heterocycles. The van der Waals surface area contributed by atoms with Crippen molar-refractivity contribution >= 4 is 5.91 Å². The predicted molar refractivity (Wildman–Crippen MR) is 93.2 cm³/mol. The van der Waals surface area contributed by atoms with E-state index in [-0.39, 0.29) is 5.91 Å². The minimum absolute atomic E-state index is 0.0863. The first-order valence-corrected chi connectivity index (χ1v) is 8.62. The lowest BCUT2D eigenvalue weighted by Crippen LogP contribution is -2.32. The minimum Gasteiger partial charge on any atom is -0.491 e. The Bertz CT molecular complexity index is 708. The third-order valence-corrected chi connectivity index (χ3v) is 4.66. The normalized spacial score (nSPS) is 13.4. The third kappa shape index (κ3) is 3.78. The van der Waals surface area contributed by atoms with Gasteiger partial charge in [-0.25, -0.2) is 0 Å². The zero-order valence-electron chi connectivity index (χ0n) is 14.5. The van der Waals surface area contributed by atoms with Gasteiger partial charge in [0.05, 0.1) is 18.7 Å². The van der Waals surface area contributed by atoms with Gasteiger partial charge in [0, 0.05) is 12.7 Å². The minimum atomic E-state index is 0.0863. The van der Waals surface area contributed by atoms with Gasteiger partial charge in [-0.15, -0.1) is 0 Å². The van der Waals surface area contributed by atoms with Crippen molar-refractivity contribution in [1.82, 2.24) is 15.1 Å². The molecule has 0 saturated heterocycles. The number of aromatic nitrogens is 2. The number of carbonyl (C=O) groups is 1. The van der Waals surface area contributed by atoms with E-state index in [4.69, 9.17) is 4.74 Å². The number of amides is 1. The number of H-pyrrole nitrogens is 1. The van der Waals surface area contributed by atoms with Gasteiger partial charge in [-0.05, 0) is 49.8 Å². The number of para-hydroxylation sites is 1. The number of fused-ring (bicyclic) bond motifs is 1. The summed E-state index contributed by atoms with van der Waals surface area (Å²) in [6, 6.07) is 7.92. The quantitative estimate of drug-likeness (QED) is 0.887. The van der Waals surface area contributed by atoms with E-state index < -0.39 is 0 Å². The van der Waals surface area contributed by atoms with Crippen molar-refractivity contribution in [3.8, 4) is 5.75 Å². The highest BCUT2D eigenvalue weighted by molar-refractivity contribution is 5.78. The van der Waals surface area contributed by atoms with Gasteiger partial charge >= 0.3 is 0 Å². The zero-order chi connectivity index (χ0) is 16.9. The van der Waals surface area contributed by atoms with Gasteiger partial charge in [0.15, 0.2) is 0 Å². The Balaban J connectivity index is 1.50. The number of ether oxygens (including phenoxy) is 1. The average molecular weight is 327 g/mol. The van der Waals surface area contributed by atoms with Crippen LogP contribution in [0.15, 0.2) is 24.3 Å². The standard InChI is InChI=1S/C19H25N3O2/c1-14-7-3-6-10-18(14)24-12-11-22(2)19(23)13-17-15-8-4-5-9-16(15)20-21-17/h3,6-7,10H,4-5,8-9,11-13H2,1-2H3,(H,20,21). The summed E-state index contributed by atoms with van der Waals surface area (Å²) in [5, 5.41) is 7.45. The van der Waals surface area contributed by atoms with Crippen LogP contribution < -0.4 is 4.74 Å². The van der Waals surface area contributed by atoms with E-state index in [1.807, 2.05) is 38.2 Å². The molecule has 2 aromatic rings. The molecule has 5 heteroatoms. The lowest BCUT2D eigenvalue weighted by Gasteiger charge is -2.18. The fourth-order valence-corrected chi connectivity index (χ4v) is 3.11. The maximum absolute atomic E-state index is 12.4. The molecule has 1 amide bonds. The number of benzene rings is 1. The van der Waals surface area contributed by atoms with Gasteiger partial charge in [0.2, 0.25) is 5.91 Å². The molecule has 1 N–H and O–H groups in total. The molecule has 128 valence electrons. The van der Waals surface area contributed by atoms with E-state index in [9.17, 15) is 4.79 Å². The number of nitrogens with one attached hydrogen (secondary N) is 1. The van der Waals surface area contributed by atoms with Crippen LogP contribution in [0.5, 0.6) is 5.75 Å². The van der Waals surface area contributed by atoms with Crippen LogP contribution >= 0.6 is 0 Å². The number of rotatable bonds is 6. The fourth-order valence-electron chi connectivity index (χ4n) is 3.11. The molecule has 0 unspecified atom stereocenters. The summed E-state index contributed by atoms with van der Waals surface area (Å²) in [6.45, 7) is 3.08. The van der Waals surface area contributed by atoms with Gasteiger partial charge in [0.1, 0.15) is 12.4 Å². The molecular weight excluding hydrogens is 302 g/mol. The van der Waals surface area contributed by atoms with Gasteiger partial charge in [-0.3, -0.25) is 9.89 Å². The van der Waals surface area contributed by atoms with Crippen LogP contribution in [-0.4, -0.2) is 41.2 Å². The molecule has 0 atom stereocenters. The van der Waals surface area contributed by atoms with Crippen LogP contribution in [0.1, 0.15) is 35.4 Å². The number of hydrogen-bond donors (Lipinski definition) is 1. The van der Waals surface area contributed by atoms with Crippen molar-refractivity contribution in [2.24, 2.45) is 0 Å². The number of aromatic amines is 1. The highest BCUT2D eigenvalue weighted by Crippen LogP contribution is 2.22. The topological polar surface area (TPSA) is 58.2 Å². The Morgan fingerprint density at radius 3 is 2.92 bits per heavy atom. The summed E-state index contributed by atoms with van der Waals surface area (Å²) in [6.07, 6.45) is 4.85. The molecule has 1 aliphatic rings. The van der Waals surface area contributed by atoms with Crippen molar-refractivity contribution in [2.75, 3.05) is 20.2 Å². The van der Waals surface area contributed by atoms with E-state index in [1.54, 1.807) is 4.90 Å². The third-order valence-electron chi connectivity index (χ3n) is 4.66. The van der Waals surface area contributed by atoms with Crippen molar-refractivity contribution in [2.45, 2.75) is 39.0 Å². The van der Waals surface area contributed by atoms with Crippen LogP contribution in [0.2, 0.25) is 0 Å². The Kier molecular flexibility index (Phi) is 5.18. The first kappa shape index (κ1) is 16.6. The second-order valence-electron chi connectivity index (χ2n) is 6.44. The predicted octanol–water partition coefficient (Wildman–Crippen LogP) is 2.68. The van der Waals surface area contributed by atoms with E-state index >= 15 is 0 Å². The van der Waals surface area contributed by atoms with E-state index in [2.05, 4.69) is 10.2 Å². The molecule has 0 saturated carbocycles. The summed E-state index contributed by atoms with van der Waals surface area (Å²) < 4.78 is 5.77. The molecule has 3 rings (SSSR count). The molecule has 1 aromatic heterocycles. The lowest BCUT2D eigenvalue weighted by atomic mass is 9.95. The van der Waals surface area contributed by atoms with Crippen molar-refractivity contribution in [3.05, 3.63) is 46.8 Å². The summed E-state index contributed by atoms with van der Waals surface area (Å²) in [4.78, 5) is 14.1. The second kappa shape index (κ2) is 7.51. The van der Waals surface area contributed by atoms with Crippen molar-refractivity contribution in [3.63, 3.8) is 0 Å². The molecule has 1 aliphatic carbocycles. The summed E-state index contributed by atoms with van der Waals surface area (Å²) in [5.41, 5.74) is 4.50. The zero-order valence-corrected chi connectivity index (χ0v) is 14.5. The lowest BCUT2D eigenvalue weighted by molar-refractivity contribution is -0.129. The molecule has 0 spiro atoms. The fraction of sp³-hybridized carbons (Fsp3) is 0.474. The SMILES string of the molecule is Cc1ccccc1OCCN(C)C(=O)Cc1n[nH]c2c1CCCC2. The molecule has 24 heavy (non-hydrogen) atoms. The maximum Gasteiger partial charge on any atom is 0.228 e. The van der Waals surface area contributed by atoms with Crippen LogP contribution in [0.4, 0.5) is 0 Å². The Morgan fingerprint density at radius 2 is 2.08 bits per heavy atom. The summed E-state index contributed by atoms with van der Waals surface area (Å²) in [7, 11) is 1.82. The Hall–Kier alpha value is -2.30. The van der Waals surface area contributed by atoms with Gasteiger partial charge in [-0.2, -0.15) is 5.10 Å². The Morgan fingerprint density at radius 1 is 1.29 bits per heavy atom. The first-order valence-electron chi connectivity index (χ1n) is 8.62. The number of nitrogens with zero attached hydrogens (tertiary/aromatic N) is 2. The average Bonchev–Trinajstić information content (AvgIpc) is 2.99.